The molecular formula is C71H135N2O7P. The average Bonchev–Trinajstić information content (AvgIpc) is 3.44. The molecule has 476 valence electrons. The molecule has 1 amide bonds. The van der Waals surface area contributed by atoms with Crippen LogP contribution >= 0.6 is 7.82 Å². The smallest absolute Gasteiger partial charge is 0.306 e. The van der Waals surface area contributed by atoms with E-state index in [4.69, 9.17) is 13.8 Å². The standard InChI is InChI=1S/C71H135N2O7P/c1-7-10-13-16-19-22-25-28-30-32-33-34-35-36-37-38-39-41-43-46-49-52-55-58-61-64-71(75)80-69(62-59-56-53-50-47-44-27-24-21-18-15-12-9-3)68(67-79-81(76,77)78-66-65-73(4,5)6)72-70(74)63-60-57-54-51-48-45-42-40-31-29-26-23-20-17-14-11-8-2/h20,23,29,31,42,45,59,62,68-69H,7-19,21-22,24-28,30,32-41,43-44,46-58,60-61,63-67H2,1-6H3,(H-,72,74,76,77)/b23-20-,31-29-,45-42-,62-59-. The van der Waals surface area contributed by atoms with Crippen LogP contribution in [-0.4, -0.2) is 69.4 Å². The van der Waals surface area contributed by atoms with Crippen molar-refractivity contribution < 1.29 is 37.3 Å². The number of ether oxygens (including phenoxy) is 1. The summed E-state index contributed by atoms with van der Waals surface area (Å²) in [4.78, 5) is 40.1. The summed E-state index contributed by atoms with van der Waals surface area (Å²) in [5.41, 5.74) is 0. The minimum atomic E-state index is -4.71. The van der Waals surface area contributed by atoms with Crippen molar-refractivity contribution >= 4 is 19.7 Å². The third-order valence-corrected chi connectivity index (χ3v) is 16.7. The van der Waals surface area contributed by atoms with Crippen molar-refractivity contribution in [3.05, 3.63) is 48.6 Å². The Morgan fingerprint density at radius 1 is 0.432 bits per heavy atom. The van der Waals surface area contributed by atoms with Crippen LogP contribution in [0, 0.1) is 0 Å². The highest BCUT2D eigenvalue weighted by Gasteiger charge is 2.27. The normalized spacial score (nSPS) is 13.8. The van der Waals surface area contributed by atoms with E-state index >= 15 is 0 Å². The summed E-state index contributed by atoms with van der Waals surface area (Å²) in [6.45, 7) is 6.85. The molecule has 1 N–H and O–H groups in total. The molecule has 0 aromatic rings. The largest absolute Gasteiger partial charge is 0.756 e. The second kappa shape index (κ2) is 61.1. The van der Waals surface area contributed by atoms with Gasteiger partial charge in [-0.1, -0.05) is 307 Å². The van der Waals surface area contributed by atoms with Crippen LogP contribution in [0.4, 0.5) is 0 Å². The maximum absolute atomic E-state index is 13.6. The minimum absolute atomic E-state index is 0.0256. The van der Waals surface area contributed by atoms with Crippen LogP contribution in [0.3, 0.4) is 0 Å². The monoisotopic (exact) mass is 1160 g/mol. The van der Waals surface area contributed by atoms with Gasteiger partial charge in [-0.05, 0) is 70.3 Å². The highest BCUT2D eigenvalue weighted by atomic mass is 31.2. The first-order valence-electron chi connectivity index (χ1n) is 34.9. The number of carbonyl (C=O) groups is 2. The molecule has 3 atom stereocenters. The summed E-state index contributed by atoms with van der Waals surface area (Å²) in [7, 11) is 1.18. The number of nitrogens with one attached hydrogen (secondary N) is 1. The van der Waals surface area contributed by atoms with Crippen LogP contribution in [0.1, 0.15) is 342 Å². The van der Waals surface area contributed by atoms with Crippen molar-refractivity contribution in [1.82, 2.24) is 5.32 Å². The number of quaternary nitrogens is 1. The minimum Gasteiger partial charge on any atom is -0.756 e. The first-order chi connectivity index (χ1) is 39.4. The number of esters is 1. The topological polar surface area (TPSA) is 114 Å². The molecule has 0 rings (SSSR count). The van der Waals surface area contributed by atoms with Gasteiger partial charge in [-0.15, -0.1) is 0 Å². The molecule has 0 aliphatic carbocycles. The predicted octanol–water partition coefficient (Wildman–Crippen LogP) is 21.4. The molecule has 10 heteroatoms. The molecular weight excluding hydrogens is 1020 g/mol. The Kier molecular flexibility index (Phi) is 59.5. The number of phosphoric ester groups is 1. The summed E-state index contributed by atoms with van der Waals surface area (Å²) in [5.74, 6) is -0.551. The molecule has 0 radical (unpaired) electrons. The van der Waals surface area contributed by atoms with Gasteiger partial charge in [0.1, 0.15) is 19.3 Å². The van der Waals surface area contributed by atoms with Gasteiger partial charge in [0, 0.05) is 12.8 Å². The van der Waals surface area contributed by atoms with Crippen molar-refractivity contribution in [2.45, 2.75) is 354 Å². The Bertz CT molecular complexity index is 1520. The number of unbranched alkanes of at least 4 members (excludes halogenated alkanes) is 42. The Balaban J connectivity index is 5.10. The summed E-state index contributed by atoms with van der Waals surface area (Å²) in [5, 5.41) is 3.03. The van der Waals surface area contributed by atoms with Crippen molar-refractivity contribution in [3.8, 4) is 0 Å². The maximum Gasteiger partial charge on any atom is 0.306 e. The molecule has 0 aromatic carbocycles. The first-order valence-corrected chi connectivity index (χ1v) is 36.4. The first kappa shape index (κ1) is 79.0. The maximum atomic E-state index is 13.6. The van der Waals surface area contributed by atoms with Crippen molar-refractivity contribution in [1.29, 1.82) is 0 Å². The number of nitrogens with zero attached hydrogens (tertiary/aromatic N) is 1. The Hall–Kier alpha value is -2.03. The van der Waals surface area contributed by atoms with E-state index in [2.05, 4.69) is 62.5 Å². The number of rotatable bonds is 64. The number of allylic oxidation sites excluding steroid dienone is 7. The molecule has 0 saturated carbocycles. The second-order valence-electron chi connectivity index (χ2n) is 25.0. The van der Waals surface area contributed by atoms with Gasteiger partial charge >= 0.3 is 5.97 Å². The zero-order valence-electron chi connectivity index (χ0n) is 54.5. The second-order valence-corrected chi connectivity index (χ2v) is 26.5. The van der Waals surface area contributed by atoms with Gasteiger partial charge in [-0.3, -0.25) is 14.2 Å². The van der Waals surface area contributed by atoms with Crippen LogP contribution in [0.5, 0.6) is 0 Å². The van der Waals surface area contributed by atoms with E-state index in [0.717, 1.165) is 77.0 Å². The Morgan fingerprint density at radius 2 is 0.753 bits per heavy atom. The lowest BCUT2D eigenvalue weighted by atomic mass is 10.0. The van der Waals surface area contributed by atoms with Crippen LogP contribution in [0.25, 0.3) is 0 Å². The Morgan fingerprint density at radius 3 is 1.15 bits per heavy atom. The summed E-state index contributed by atoms with van der Waals surface area (Å²) in [6, 6.07) is -0.899. The third-order valence-electron chi connectivity index (χ3n) is 15.8. The van der Waals surface area contributed by atoms with Gasteiger partial charge in [0.2, 0.25) is 5.91 Å². The lowest BCUT2D eigenvalue weighted by Gasteiger charge is -2.30. The van der Waals surface area contributed by atoms with Crippen molar-refractivity contribution in [3.63, 3.8) is 0 Å². The van der Waals surface area contributed by atoms with Gasteiger partial charge in [0.05, 0.1) is 33.8 Å². The van der Waals surface area contributed by atoms with Gasteiger partial charge in [0.25, 0.3) is 7.82 Å². The number of likely N-dealkylation sites (N-methyl/N-ethyl adjacent to an activating group) is 1. The van der Waals surface area contributed by atoms with E-state index in [0.29, 0.717) is 23.9 Å². The number of amides is 1. The number of hydrogen-bond donors (Lipinski definition) is 1. The van der Waals surface area contributed by atoms with Gasteiger partial charge in [-0.2, -0.15) is 0 Å². The zero-order valence-corrected chi connectivity index (χ0v) is 55.4. The number of hydrogen-bond acceptors (Lipinski definition) is 7. The SMILES string of the molecule is CCCCC/C=C\C/C=C\C/C=C\CCCCCCC(=O)NC(COP(=O)([O-])OCC[N+](C)(C)C)C(/C=C\CCCCCCCCCCCCC)OC(=O)CCCCCCCCCCCCCCCCCCCCCCCCCCC. The molecule has 0 bridgehead atoms. The molecule has 0 spiro atoms. The molecule has 81 heavy (non-hydrogen) atoms. The lowest BCUT2D eigenvalue weighted by molar-refractivity contribution is -0.870. The fourth-order valence-corrected chi connectivity index (χ4v) is 11.1. The number of phosphoric acid groups is 1. The van der Waals surface area contributed by atoms with Gasteiger partial charge < -0.3 is 28.5 Å². The van der Waals surface area contributed by atoms with Gasteiger partial charge in [-0.25, -0.2) is 0 Å². The fourth-order valence-electron chi connectivity index (χ4n) is 10.4. The van der Waals surface area contributed by atoms with E-state index in [-0.39, 0.29) is 24.9 Å². The van der Waals surface area contributed by atoms with Crippen LogP contribution < -0.4 is 10.2 Å². The lowest BCUT2D eigenvalue weighted by Crippen LogP contribution is -2.47. The van der Waals surface area contributed by atoms with E-state index < -0.39 is 26.6 Å². The van der Waals surface area contributed by atoms with Crippen molar-refractivity contribution in [2.75, 3.05) is 40.9 Å². The molecule has 3 unspecified atom stereocenters. The average molecular weight is 1160 g/mol. The van der Waals surface area contributed by atoms with Crippen LogP contribution in [-0.2, 0) is 27.9 Å². The predicted molar refractivity (Wildman–Crippen MR) is 349 cm³/mol. The zero-order chi connectivity index (χ0) is 59.3. The van der Waals surface area contributed by atoms with E-state index in [1.165, 1.54) is 225 Å². The molecule has 0 aliphatic heterocycles. The number of carbonyl (C=O) groups excluding carboxylic acids is 2. The van der Waals surface area contributed by atoms with Crippen molar-refractivity contribution in [2.24, 2.45) is 0 Å². The molecule has 0 heterocycles. The quantitative estimate of drug-likeness (QED) is 0.0212. The van der Waals surface area contributed by atoms with Crippen LogP contribution in [0.2, 0.25) is 0 Å². The van der Waals surface area contributed by atoms with E-state index in [9.17, 15) is 19.0 Å². The molecule has 0 saturated heterocycles. The van der Waals surface area contributed by atoms with Gasteiger partial charge in [0.15, 0.2) is 0 Å². The summed E-state index contributed by atoms with van der Waals surface area (Å²) in [6.07, 6.45) is 76.7. The fraction of sp³-hybridized carbons (Fsp3) is 0.859. The molecule has 9 nitrogen and oxygen atoms in total. The Labute approximate surface area is 503 Å². The molecule has 0 aromatic heterocycles. The molecule has 0 fully saturated rings. The highest BCUT2D eigenvalue weighted by Crippen LogP contribution is 2.38. The summed E-state index contributed by atoms with van der Waals surface area (Å²) >= 11 is 0. The highest BCUT2D eigenvalue weighted by molar-refractivity contribution is 7.45. The third kappa shape index (κ3) is 62.3. The molecule has 0 aliphatic rings. The van der Waals surface area contributed by atoms with E-state index in [1.54, 1.807) is 0 Å². The van der Waals surface area contributed by atoms with Crippen LogP contribution in [0.15, 0.2) is 48.6 Å². The summed E-state index contributed by atoms with van der Waals surface area (Å²) < 4.78 is 30.4. The van der Waals surface area contributed by atoms with E-state index in [1.807, 2.05) is 33.3 Å².